The first-order valence-corrected chi connectivity index (χ1v) is 11.5. The quantitative estimate of drug-likeness (QED) is 0.639. The summed E-state index contributed by atoms with van der Waals surface area (Å²) in [5.41, 5.74) is -0.628. The molecular weight excluding hydrogens is 348 g/mol. The fraction of sp³-hybridized carbons (Fsp3) is 0.708. The van der Waals surface area contributed by atoms with Crippen molar-refractivity contribution in [2.45, 2.75) is 69.9 Å². The van der Waals surface area contributed by atoms with E-state index in [2.05, 4.69) is 17.1 Å². The summed E-state index contributed by atoms with van der Waals surface area (Å²) < 4.78 is 0. The highest BCUT2D eigenvalue weighted by atomic mass is 16.3. The van der Waals surface area contributed by atoms with Crippen molar-refractivity contribution in [1.82, 2.24) is 10.2 Å². The summed E-state index contributed by atoms with van der Waals surface area (Å²) in [6.45, 7) is 5.66. The van der Waals surface area contributed by atoms with Gasteiger partial charge in [0.1, 0.15) is 0 Å². The van der Waals surface area contributed by atoms with E-state index in [-0.39, 0.29) is 17.9 Å². The smallest absolute Gasteiger partial charge is 0.257 e. The van der Waals surface area contributed by atoms with Gasteiger partial charge in [-0.2, -0.15) is 0 Å². The Labute approximate surface area is 169 Å². The third kappa shape index (κ3) is 3.86. The lowest BCUT2D eigenvalue weighted by Crippen LogP contribution is -2.51. The van der Waals surface area contributed by atoms with Gasteiger partial charge in [0.2, 0.25) is 0 Å². The number of unbranched alkanes of at least 4 members (excludes halogenated alkanes) is 3. The number of nitrogens with zero attached hydrogens (tertiary/aromatic N) is 1. The predicted molar refractivity (Wildman–Crippen MR) is 112 cm³/mol. The highest BCUT2D eigenvalue weighted by molar-refractivity contribution is 5.87. The van der Waals surface area contributed by atoms with Gasteiger partial charge in [-0.15, -0.1) is 0 Å². The van der Waals surface area contributed by atoms with E-state index in [9.17, 15) is 9.90 Å². The number of carbonyl (C=O) groups excluding carboxylic acids is 1. The first-order chi connectivity index (χ1) is 13.6. The van der Waals surface area contributed by atoms with Crippen LogP contribution in [0.25, 0.3) is 0 Å². The van der Waals surface area contributed by atoms with Crippen LogP contribution in [0.4, 0.5) is 0 Å². The summed E-state index contributed by atoms with van der Waals surface area (Å²) in [4.78, 5) is 15.8. The van der Waals surface area contributed by atoms with Crippen molar-refractivity contribution in [2.24, 2.45) is 17.8 Å². The summed E-state index contributed by atoms with van der Waals surface area (Å²) in [6.07, 6.45) is 9.31. The van der Waals surface area contributed by atoms with Crippen LogP contribution >= 0.6 is 0 Å². The Bertz CT molecular complexity index is 646. The van der Waals surface area contributed by atoms with Crippen molar-refractivity contribution in [1.29, 1.82) is 0 Å². The number of fused-ring (bicyclic) bond motifs is 1. The van der Waals surface area contributed by atoms with Gasteiger partial charge in [-0.1, -0.05) is 69.4 Å². The zero-order valence-electron chi connectivity index (χ0n) is 17.3. The molecule has 2 unspecified atom stereocenters. The third-order valence-corrected chi connectivity index (χ3v) is 7.40. The van der Waals surface area contributed by atoms with Crippen LogP contribution in [-0.2, 0) is 10.4 Å². The normalized spacial score (nSPS) is 29.4. The maximum atomic E-state index is 13.3. The van der Waals surface area contributed by atoms with Crippen LogP contribution in [0.2, 0.25) is 0 Å². The second-order valence-corrected chi connectivity index (χ2v) is 9.26. The van der Waals surface area contributed by atoms with Gasteiger partial charge in [0.15, 0.2) is 5.60 Å². The van der Waals surface area contributed by atoms with Gasteiger partial charge in [0.25, 0.3) is 5.91 Å². The summed E-state index contributed by atoms with van der Waals surface area (Å²) in [5, 5.41) is 14.8. The summed E-state index contributed by atoms with van der Waals surface area (Å²) in [6, 6.07) is 9.86. The molecule has 4 atom stereocenters. The predicted octanol–water partition coefficient (Wildman–Crippen LogP) is 3.69. The molecule has 1 aromatic rings. The van der Waals surface area contributed by atoms with Crippen molar-refractivity contribution < 1.29 is 9.90 Å². The highest BCUT2D eigenvalue weighted by Crippen LogP contribution is 2.47. The lowest BCUT2D eigenvalue weighted by Gasteiger charge is -2.33. The first-order valence-electron chi connectivity index (χ1n) is 11.5. The minimum atomic E-state index is -1.38. The Morgan fingerprint density at radius 3 is 2.43 bits per heavy atom. The molecule has 3 aliphatic rings. The van der Waals surface area contributed by atoms with E-state index in [0.29, 0.717) is 11.8 Å². The number of benzene rings is 1. The Balaban J connectivity index is 1.34. The minimum Gasteiger partial charge on any atom is -0.375 e. The van der Waals surface area contributed by atoms with Crippen LogP contribution in [-0.4, -0.2) is 41.6 Å². The molecule has 2 aliphatic carbocycles. The van der Waals surface area contributed by atoms with Crippen LogP contribution in [0.5, 0.6) is 0 Å². The molecule has 3 fully saturated rings. The molecule has 0 bridgehead atoms. The van der Waals surface area contributed by atoms with E-state index in [0.717, 1.165) is 44.3 Å². The van der Waals surface area contributed by atoms with Crippen molar-refractivity contribution in [2.75, 3.05) is 19.6 Å². The maximum absolute atomic E-state index is 13.3. The number of hydrogen-bond donors (Lipinski definition) is 2. The monoisotopic (exact) mass is 384 g/mol. The lowest BCUT2D eigenvalue weighted by atomic mass is 9.79. The van der Waals surface area contributed by atoms with E-state index in [1.807, 2.05) is 30.3 Å². The second kappa shape index (κ2) is 8.54. The minimum absolute atomic E-state index is 0.0311. The lowest BCUT2D eigenvalue weighted by molar-refractivity contribution is -0.147. The molecule has 0 spiro atoms. The summed E-state index contributed by atoms with van der Waals surface area (Å²) in [7, 11) is 0. The molecule has 1 aliphatic heterocycles. The number of rotatable bonds is 9. The summed E-state index contributed by atoms with van der Waals surface area (Å²) >= 11 is 0. The van der Waals surface area contributed by atoms with Gasteiger partial charge in [-0.3, -0.25) is 4.79 Å². The average molecular weight is 385 g/mol. The first kappa shape index (κ1) is 19.9. The molecule has 2 N–H and O–H groups in total. The molecule has 1 saturated heterocycles. The fourth-order valence-electron chi connectivity index (χ4n) is 5.62. The average Bonchev–Trinajstić information content (AvgIpc) is 3.15. The van der Waals surface area contributed by atoms with Crippen LogP contribution < -0.4 is 5.32 Å². The van der Waals surface area contributed by atoms with E-state index in [1.54, 1.807) is 0 Å². The van der Waals surface area contributed by atoms with Crippen LogP contribution in [0.1, 0.15) is 63.9 Å². The zero-order chi connectivity index (χ0) is 19.6. The molecule has 1 amide bonds. The van der Waals surface area contributed by atoms with Crippen LogP contribution in [0.3, 0.4) is 0 Å². The molecule has 4 nitrogen and oxygen atoms in total. The zero-order valence-corrected chi connectivity index (χ0v) is 17.3. The molecule has 0 aromatic heterocycles. The van der Waals surface area contributed by atoms with Gasteiger partial charge in [0.05, 0.1) is 0 Å². The summed E-state index contributed by atoms with van der Waals surface area (Å²) in [5.74, 6) is 1.03. The highest BCUT2D eigenvalue weighted by Gasteiger charge is 2.58. The molecule has 154 valence electrons. The SMILES string of the molecule is CCCCCCN1CC2[C@@H](C1)[C@@H]2NC(=O)C(O)(c1ccccc1)C1CCCC1. The Morgan fingerprint density at radius 1 is 1.11 bits per heavy atom. The van der Waals surface area contributed by atoms with Gasteiger partial charge in [0, 0.05) is 25.0 Å². The molecule has 28 heavy (non-hydrogen) atoms. The second-order valence-electron chi connectivity index (χ2n) is 9.26. The van der Waals surface area contributed by atoms with Crippen molar-refractivity contribution in [3.8, 4) is 0 Å². The van der Waals surface area contributed by atoms with Gasteiger partial charge in [-0.05, 0) is 43.2 Å². The number of carbonyl (C=O) groups is 1. The van der Waals surface area contributed by atoms with E-state index in [1.165, 1.54) is 32.2 Å². The number of amides is 1. The number of likely N-dealkylation sites (tertiary alicyclic amines) is 1. The molecule has 1 aromatic carbocycles. The molecule has 4 rings (SSSR count). The molecule has 0 radical (unpaired) electrons. The van der Waals surface area contributed by atoms with Crippen LogP contribution in [0, 0.1) is 17.8 Å². The third-order valence-electron chi connectivity index (χ3n) is 7.40. The van der Waals surface area contributed by atoms with E-state index < -0.39 is 5.60 Å². The maximum Gasteiger partial charge on any atom is 0.257 e. The fourth-order valence-corrected chi connectivity index (χ4v) is 5.62. The number of piperidine rings is 1. The van der Waals surface area contributed by atoms with E-state index in [4.69, 9.17) is 0 Å². The largest absolute Gasteiger partial charge is 0.375 e. The van der Waals surface area contributed by atoms with Gasteiger partial charge in [-0.25, -0.2) is 0 Å². The molecule has 4 heteroatoms. The number of nitrogens with one attached hydrogen (secondary N) is 1. The molecular formula is C24H36N2O2. The number of hydrogen-bond acceptors (Lipinski definition) is 3. The van der Waals surface area contributed by atoms with Gasteiger partial charge >= 0.3 is 0 Å². The van der Waals surface area contributed by atoms with Crippen molar-refractivity contribution >= 4 is 5.91 Å². The van der Waals surface area contributed by atoms with Gasteiger partial charge < -0.3 is 15.3 Å². The van der Waals surface area contributed by atoms with E-state index >= 15 is 0 Å². The molecule has 1 heterocycles. The topological polar surface area (TPSA) is 52.6 Å². The molecule has 2 saturated carbocycles. The van der Waals surface area contributed by atoms with Crippen LogP contribution in [0.15, 0.2) is 30.3 Å². The Kier molecular flexibility index (Phi) is 6.07. The Hall–Kier alpha value is -1.39. The number of aliphatic hydroxyl groups is 1. The van der Waals surface area contributed by atoms with Crippen molar-refractivity contribution in [3.05, 3.63) is 35.9 Å². The standard InChI is InChI=1S/C24H36N2O2/c1-2-3-4-10-15-26-16-20-21(17-26)22(20)25-23(27)24(28,19-13-8-9-14-19)18-11-6-5-7-12-18/h5-7,11-12,19-22,28H,2-4,8-10,13-17H2,1H3,(H,25,27)/t20-,21?,22+,24?/m1/s1. The van der Waals surface area contributed by atoms with Crippen molar-refractivity contribution in [3.63, 3.8) is 0 Å². The Morgan fingerprint density at radius 2 is 1.79 bits per heavy atom.